The van der Waals surface area contributed by atoms with Crippen LogP contribution in [-0.4, -0.2) is 41.8 Å². The molecule has 19 heavy (non-hydrogen) atoms. The first-order valence-electron chi connectivity index (χ1n) is 6.54. The van der Waals surface area contributed by atoms with Crippen molar-refractivity contribution in [1.29, 1.82) is 0 Å². The predicted octanol–water partition coefficient (Wildman–Crippen LogP) is 1.83. The molecule has 0 unspecified atom stereocenters. The quantitative estimate of drug-likeness (QED) is 0.904. The summed E-state index contributed by atoms with van der Waals surface area (Å²) in [5.74, 6) is 0. The lowest BCUT2D eigenvalue weighted by atomic mass is 10.2. The van der Waals surface area contributed by atoms with E-state index >= 15 is 0 Å². The van der Waals surface area contributed by atoms with Crippen molar-refractivity contribution in [2.45, 2.75) is 12.5 Å². The van der Waals surface area contributed by atoms with E-state index in [1.165, 1.54) is 0 Å². The lowest BCUT2D eigenvalue weighted by molar-refractivity contribution is 0.375. The minimum Gasteiger partial charge on any atom is -0.381 e. The van der Waals surface area contributed by atoms with Gasteiger partial charge in [0.15, 0.2) is 0 Å². The van der Waals surface area contributed by atoms with Crippen molar-refractivity contribution in [3.05, 3.63) is 36.5 Å². The third kappa shape index (κ3) is 2.74. The number of hydrogen-bond donors (Lipinski definition) is 1. The van der Waals surface area contributed by atoms with E-state index in [0.29, 0.717) is 12.6 Å². The van der Waals surface area contributed by atoms with E-state index in [4.69, 9.17) is 0 Å². The fraction of sp³-hybridized carbons (Fsp3) is 0.333. The van der Waals surface area contributed by atoms with Crippen molar-refractivity contribution >= 4 is 22.9 Å². The van der Waals surface area contributed by atoms with Gasteiger partial charge in [-0.3, -0.25) is 14.7 Å². The molecule has 97 valence electrons. The van der Waals surface area contributed by atoms with E-state index in [1.807, 2.05) is 18.4 Å². The normalized spacial score (nSPS) is 19.7. The van der Waals surface area contributed by atoms with Crippen molar-refractivity contribution in [1.82, 2.24) is 9.88 Å². The van der Waals surface area contributed by atoms with Crippen LogP contribution in [0.1, 0.15) is 6.42 Å². The largest absolute Gasteiger partial charge is 0.381 e. The third-order valence-electron chi connectivity index (χ3n) is 3.53. The Hall–Kier alpha value is -1.94. The van der Waals surface area contributed by atoms with E-state index in [-0.39, 0.29) is 0 Å². The van der Waals surface area contributed by atoms with Crippen molar-refractivity contribution in [3.8, 4) is 0 Å². The summed E-state index contributed by atoms with van der Waals surface area (Å²) in [7, 11) is 0. The van der Waals surface area contributed by atoms with Crippen LogP contribution in [0, 0.1) is 0 Å². The summed E-state index contributed by atoms with van der Waals surface area (Å²) in [4.78, 5) is 16.8. The number of pyridine rings is 1. The Bertz CT molecular complexity index is 584. The van der Waals surface area contributed by atoms with Crippen LogP contribution < -0.4 is 5.32 Å². The molecule has 2 aromatic rings. The molecular formula is C15H16N3O. The summed E-state index contributed by atoms with van der Waals surface area (Å²) in [6.45, 7) is 2.28. The number of nitrogens with one attached hydrogen (secondary N) is 1. The molecule has 1 N–H and O–H groups in total. The van der Waals surface area contributed by atoms with E-state index in [9.17, 15) is 4.79 Å². The summed E-state index contributed by atoms with van der Waals surface area (Å²) in [6, 6.07) is 10.6. The number of rotatable bonds is 4. The molecule has 1 aromatic heterocycles. The molecule has 1 fully saturated rings. The Morgan fingerprint density at radius 1 is 1.42 bits per heavy atom. The minimum atomic E-state index is 0.405. The van der Waals surface area contributed by atoms with Gasteiger partial charge in [0.05, 0.1) is 12.1 Å². The number of likely N-dealkylation sites (tertiary alicyclic amines) is 1. The van der Waals surface area contributed by atoms with Gasteiger partial charge in [-0.25, -0.2) is 0 Å². The van der Waals surface area contributed by atoms with Gasteiger partial charge in [-0.05, 0) is 30.7 Å². The average molecular weight is 254 g/mol. The lowest BCUT2D eigenvalue weighted by Crippen LogP contribution is -2.27. The molecule has 0 amide bonds. The number of hydrogen-bond acceptors (Lipinski definition) is 4. The fourth-order valence-corrected chi connectivity index (χ4v) is 2.59. The number of benzene rings is 1. The van der Waals surface area contributed by atoms with Gasteiger partial charge in [-0.2, -0.15) is 0 Å². The monoisotopic (exact) mass is 254 g/mol. The van der Waals surface area contributed by atoms with Crippen molar-refractivity contribution in [2.24, 2.45) is 0 Å². The fourth-order valence-electron chi connectivity index (χ4n) is 2.59. The van der Waals surface area contributed by atoms with Crippen LogP contribution in [0.25, 0.3) is 10.9 Å². The molecule has 0 saturated carbocycles. The van der Waals surface area contributed by atoms with Crippen LogP contribution in [0.4, 0.5) is 5.69 Å². The number of fused-ring (bicyclic) bond motifs is 1. The molecule has 1 radical (unpaired) electrons. The zero-order valence-corrected chi connectivity index (χ0v) is 10.7. The van der Waals surface area contributed by atoms with Gasteiger partial charge in [0.1, 0.15) is 0 Å². The lowest BCUT2D eigenvalue weighted by Gasteiger charge is -2.15. The second-order valence-corrected chi connectivity index (χ2v) is 4.92. The Morgan fingerprint density at radius 2 is 2.37 bits per heavy atom. The Labute approximate surface area is 112 Å². The molecule has 1 atom stereocenters. The topological polar surface area (TPSA) is 45.2 Å². The average Bonchev–Trinajstić information content (AvgIpc) is 2.86. The van der Waals surface area contributed by atoms with Crippen LogP contribution in [0.5, 0.6) is 0 Å². The maximum Gasteiger partial charge on any atom is 0.213 e. The maximum atomic E-state index is 10.4. The number of anilines is 1. The molecule has 1 saturated heterocycles. The minimum absolute atomic E-state index is 0.405. The van der Waals surface area contributed by atoms with Gasteiger partial charge in [0.25, 0.3) is 0 Å². The highest BCUT2D eigenvalue weighted by Crippen LogP contribution is 2.20. The van der Waals surface area contributed by atoms with Gasteiger partial charge < -0.3 is 5.32 Å². The maximum absolute atomic E-state index is 10.4. The molecule has 1 aliphatic heterocycles. The summed E-state index contributed by atoms with van der Waals surface area (Å²) in [5.41, 5.74) is 2.12. The molecule has 4 heteroatoms. The molecule has 1 aliphatic rings. The molecule has 2 heterocycles. The second kappa shape index (κ2) is 5.36. The summed E-state index contributed by atoms with van der Waals surface area (Å²) in [6.07, 6.45) is 4.83. The van der Waals surface area contributed by atoms with Crippen LogP contribution in [0.15, 0.2) is 36.5 Å². The highest BCUT2D eigenvalue weighted by atomic mass is 16.1. The van der Waals surface area contributed by atoms with E-state index in [1.54, 1.807) is 6.20 Å². The van der Waals surface area contributed by atoms with Gasteiger partial charge >= 0.3 is 0 Å². The van der Waals surface area contributed by atoms with Crippen molar-refractivity contribution < 1.29 is 4.79 Å². The van der Waals surface area contributed by atoms with E-state index in [0.717, 1.165) is 36.1 Å². The summed E-state index contributed by atoms with van der Waals surface area (Å²) < 4.78 is 0. The summed E-state index contributed by atoms with van der Waals surface area (Å²) >= 11 is 0. The van der Waals surface area contributed by atoms with Crippen LogP contribution in [-0.2, 0) is 4.79 Å². The first-order chi connectivity index (χ1) is 9.35. The first kappa shape index (κ1) is 12.1. The first-order valence-corrected chi connectivity index (χ1v) is 6.54. The highest BCUT2D eigenvalue weighted by Gasteiger charge is 2.21. The van der Waals surface area contributed by atoms with E-state index in [2.05, 4.69) is 33.4 Å². The van der Waals surface area contributed by atoms with Crippen LogP contribution in [0.2, 0.25) is 0 Å². The number of aromatic nitrogens is 1. The van der Waals surface area contributed by atoms with Crippen LogP contribution >= 0.6 is 0 Å². The van der Waals surface area contributed by atoms with Gasteiger partial charge in [0, 0.05) is 36.4 Å². The van der Waals surface area contributed by atoms with Gasteiger partial charge in [-0.15, -0.1) is 0 Å². The molecule has 1 aromatic carbocycles. The summed E-state index contributed by atoms with van der Waals surface area (Å²) in [5, 5.41) is 4.66. The van der Waals surface area contributed by atoms with Gasteiger partial charge in [0.2, 0.25) is 6.29 Å². The number of carbonyl (C=O) groups excluding carboxylic acids is 1. The Balaban J connectivity index is 1.70. The second-order valence-electron chi connectivity index (χ2n) is 4.92. The standard InChI is InChI=1S/C15H16N3O/c19-9-8-18-7-5-14(11-18)17-13-3-4-15-12(10-13)2-1-6-16-15/h1-4,6,10,14,17H,5,7-8,11H2/t14-/m0/s1. The molecule has 0 aliphatic carbocycles. The Kier molecular flexibility index (Phi) is 3.42. The zero-order chi connectivity index (χ0) is 13.1. The molecule has 3 rings (SSSR count). The zero-order valence-electron chi connectivity index (χ0n) is 10.7. The molecule has 0 bridgehead atoms. The predicted molar refractivity (Wildman–Crippen MR) is 75.9 cm³/mol. The molecule has 0 spiro atoms. The highest BCUT2D eigenvalue weighted by molar-refractivity contribution is 5.82. The third-order valence-corrected chi connectivity index (χ3v) is 3.53. The smallest absolute Gasteiger partial charge is 0.213 e. The van der Waals surface area contributed by atoms with Crippen LogP contribution in [0.3, 0.4) is 0 Å². The van der Waals surface area contributed by atoms with Crippen molar-refractivity contribution in [2.75, 3.05) is 25.0 Å². The SMILES string of the molecule is O=[C]CN1CC[C@H](Nc2ccc3ncccc3c2)C1. The molecule has 4 nitrogen and oxygen atoms in total. The van der Waals surface area contributed by atoms with Gasteiger partial charge in [-0.1, -0.05) is 6.07 Å². The van der Waals surface area contributed by atoms with E-state index < -0.39 is 0 Å². The van der Waals surface area contributed by atoms with Crippen molar-refractivity contribution in [3.63, 3.8) is 0 Å². The Morgan fingerprint density at radius 3 is 3.26 bits per heavy atom. The molecular weight excluding hydrogens is 238 g/mol. The number of nitrogens with zero attached hydrogens (tertiary/aromatic N) is 2.